The van der Waals surface area contributed by atoms with Crippen molar-refractivity contribution in [2.45, 2.75) is 19.4 Å². The molecule has 1 N–H and O–H groups in total. The molecule has 1 aromatic heterocycles. The zero-order valence-electron chi connectivity index (χ0n) is 12.3. The first-order valence-corrected chi connectivity index (χ1v) is 7.22. The second-order valence-corrected chi connectivity index (χ2v) is 5.04. The van der Waals surface area contributed by atoms with Crippen LogP contribution < -0.4 is 11.1 Å². The minimum Gasteiger partial charge on any atom is -0.324 e. The van der Waals surface area contributed by atoms with Gasteiger partial charge in [0.1, 0.15) is 0 Å². The van der Waals surface area contributed by atoms with Crippen LogP contribution in [-0.4, -0.2) is 16.3 Å². The van der Waals surface area contributed by atoms with Crippen molar-refractivity contribution in [3.8, 4) is 0 Å². The number of hydrogen-bond donors (Lipinski definition) is 1. The Morgan fingerprint density at radius 2 is 1.62 bits per heavy atom. The normalized spacial score (nSPS) is 12.5. The summed E-state index contributed by atoms with van der Waals surface area (Å²) < 4.78 is 3.47. The number of benzene rings is 2. The molecular formula is C17H19N3O. The van der Waals surface area contributed by atoms with Gasteiger partial charge in [0.2, 0.25) is 0 Å². The summed E-state index contributed by atoms with van der Waals surface area (Å²) in [4.78, 5) is 12.8. The lowest BCUT2D eigenvalue weighted by Gasteiger charge is -2.17. The van der Waals surface area contributed by atoms with Crippen LogP contribution in [-0.2, 0) is 0 Å². The van der Waals surface area contributed by atoms with E-state index in [2.05, 4.69) is 24.5 Å². The quantitative estimate of drug-likeness (QED) is 0.798. The zero-order valence-corrected chi connectivity index (χ0v) is 12.3. The number of para-hydroxylation sites is 2. The highest BCUT2D eigenvalue weighted by molar-refractivity contribution is 5.76. The smallest absolute Gasteiger partial charge is 0.324 e. The molecule has 2 aromatic carbocycles. The Balaban J connectivity index is 2.29. The molecule has 0 aliphatic heterocycles. The van der Waals surface area contributed by atoms with Crippen LogP contribution in [0.1, 0.15) is 24.9 Å². The molecule has 108 valence electrons. The minimum atomic E-state index is -0.0330. The number of fused-ring (bicyclic) bond motifs is 1. The van der Waals surface area contributed by atoms with Gasteiger partial charge in [0.25, 0.3) is 0 Å². The molecule has 3 aromatic rings. The van der Waals surface area contributed by atoms with E-state index in [1.165, 1.54) is 0 Å². The lowest BCUT2D eigenvalue weighted by Crippen LogP contribution is -2.31. The van der Waals surface area contributed by atoms with Gasteiger partial charge in [-0.2, -0.15) is 0 Å². The summed E-state index contributed by atoms with van der Waals surface area (Å²) in [5.41, 5.74) is 5.95. The van der Waals surface area contributed by atoms with Crippen molar-refractivity contribution in [2.75, 3.05) is 12.5 Å². The first-order valence-electron chi connectivity index (χ1n) is 7.22. The Labute approximate surface area is 123 Å². The summed E-state index contributed by atoms with van der Waals surface area (Å²) in [6.07, 6.45) is 0.863. The van der Waals surface area contributed by atoms with Crippen LogP contribution in [0.3, 0.4) is 0 Å². The van der Waals surface area contributed by atoms with Crippen LogP contribution in [0.4, 0.5) is 0 Å². The molecule has 1 heterocycles. The monoisotopic (exact) mass is 281 g/mol. The van der Waals surface area contributed by atoms with Crippen molar-refractivity contribution in [1.82, 2.24) is 9.24 Å². The lowest BCUT2D eigenvalue weighted by atomic mass is 10.0. The van der Waals surface area contributed by atoms with Crippen molar-refractivity contribution in [1.29, 1.82) is 0 Å². The van der Waals surface area contributed by atoms with E-state index in [-0.39, 0.29) is 11.7 Å². The largest absolute Gasteiger partial charge is 0.348 e. The van der Waals surface area contributed by atoms with Crippen molar-refractivity contribution < 1.29 is 0 Å². The Morgan fingerprint density at radius 1 is 1.00 bits per heavy atom. The van der Waals surface area contributed by atoms with E-state index in [1.807, 2.05) is 47.0 Å². The number of hydrogen-bond acceptors (Lipinski definition) is 2. The highest BCUT2D eigenvalue weighted by Gasteiger charge is 2.19. The van der Waals surface area contributed by atoms with E-state index in [9.17, 15) is 4.79 Å². The first kappa shape index (κ1) is 13.5. The number of aromatic nitrogens is 2. The number of nitrogens with zero attached hydrogens (tertiary/aromatic N) is 2. The Morgan fingerprint density at radius 3 is 2.24 bits per heavy atom. The van der Waals surface area contributed by atoms with Gasteiger partial charge >= 0.3 is 5.69 Å². The van der Waals surface area contributed by atoms with Crippen molar-refractivity contribution in [3.05, 3.63) is 70.6 Å². The number of rotatable bonds is 4. The molecule has 21 heavy (non-hydrogen) atoms. The van der Waals surface area contributed by atoms with E-state index < -0.39 is 0 Å². The van der Waals surface area contributed by atoms with Crippen molar-refractivity contribution in [3.63, 3.8) is 0 Å². The third-order valence-electron chi connectivity index (χ3n) is 3.89. The summed E-state index contributed by atoms with van der Waals surface area (Å²) >= 11 is 0. The van der Waals surface area contributed by atoms with Gasteiger partial charge in [-0.3, -0.25) is 4.57 Å². The predicted molar refractivity (Wildman–Crippen MR) is 86.4 cm³/mol. The van der Waals surface area contributed by atoms with E-state index in [0.717, 1.165) is 23.0 Å². The lowest BCUT2D eigenvalue weighted by molar-refractivity contribution is 0.555. The van der Waals surface area contributed by atoms with Gasteiger partial charge in [-0.1, -0.05) is 49.4 Å². The summed E-state index contributed by atoms with van der Waals surface area (Å²) in [5, 5.41) is 0. The molecule has 1 unspecified atom stereocenters. The Kier molecular flexibility index (Phi) is 3.52. The standard InChI is InChI=1S/C17H19N3O/c1-3-14(13-9-5-4-6-10-13)19-15-11-7-8-12-16(15)20(18-2)17(19)21/h4-12,14,18H,3H2,1-2H3. The third-order valence-corrected chi connectivity index (χ3v) is 3.89. The summed E-state index contributed by atoms with van der Waals surface area (Å²) in [6.45, 7) is 2.11. The van der Waals surface area contributed by atoms with Crippen LogP contribution in [0.2, 0.25) is 0 Å². The van der Waals surface area contributed by atoms with Gasteiger partial charge in [-0.25, -0.2) is 9.47 Å². The third kappa shape index (κ3) is 2.13. The van der Waals surface area contributed by atoms with Gasteiger partial charge in [0, 0.05) is 7.05 Å². The molecule has 4 heteroatoms. The highest BCUT2D eigenvalue weighted by Crippen LogP contribution is 2.24. The number of nitrogens with one attached hydrogen (secondary N) is 1. The maximum atomic E-state index is 12.8. The molecule has 0 bridgehead atoms. The maximum absolute atomic E-state index is 12.8. The fraction of sp³-hybridized carbons (Fsp3) is 0.235. The molecule has 0 spiro atoms. The van der Waals surface area contributed by atoms with Crippen LogP contribution >= 0.6 is 0 Å². The molecule has 0 amide bonds. The van der Waals surface area contributed by atoms with Gasteiger partial charge in [-0.15, -0.1) is 0 Å². The second-order valence-electron chi connectivity index (χ2n) is 5.04. The second kappa shape index (κ2) is 5.48. The molecule has 1 atom stereocenters. The molecule has 0 radical (unpaired) electrons. The fourth-order valence-corrected chi connectivity index (χ4v) is 2.93. The molecule has 0 saturated heterocycles. The van der Waals surface area contributed by atoms with E-state index in [0.29, 0.717) is 0 Å². The van der Waals surface area contributed by atoms with E-state index in [4.69, 9.17) is 0 Å². The average Bonchev–Trinajstić information content (AvgIpc) is 2.82. The Hall–Kier alpha value is -2.49. The molecule has 0 aliphatic carbocycles. The van der Waals surface area contributed by atoms with Crippen LogP contribution in [0, 0.1) is 0 Å². The average molecular weight is 281 g/mol. The molecule has 0 fully saturated rings. The SMILES string of the molecule is CCC(c1ccccc1)n1c(=O)n(NC)c2ccccc21. The number of imidazole rings is 1. The van der Waals surface area contributed by atoms with E-state index in [1.54, 1.807) is 11.7 Å². The topological polar surface area (TPSA) is 39.0 Å². The highest BCUT2D eigenvalue weighted by atomic mass is 16.2. The van der Waals surface area contributed by atoms with Gasteiger partial charge < -0.3 is 5.43 Å². The zero-order chi connectivity index (χ0) is 14.8. The molecule has 0 aliphatic rings. The van der Waals surface area contributed by atoms with E-state index >= 15 is 0 Å². The van der Waals surface area contributed by atoms with Crippen molar-refractivity contribution >= 4 is 11.0 Å². The fourth-order valence-electron chi connectivity index (χ4n) is 2.93. The maximum Gasteiger partial charge on any atom is 0.348 e. The summed E-state index contributed by atoms with van der Waals surface area (Å²) in [7, 11) is 1.77. The van der Waals surface area contributed by atoms with Gasteiger partial charge in [-0.05, 0) is 24.1 Å². The first-order chi connectivity index (χ1) is 10.3. The Bertz CT molecular complexity index is 802. The van der Waals surface area contributed by atoms with Crippen LogP contribution in [0.25, 0.3) is 11.0 Å². The molecule has 0 saturated carbocycles. The molecular weight excluding hydrogens is 262 g/mol. The van der Waals surface area contributed by atoms with Crippen molar-refractivity contribution in [2.24, 2.45) is 0 Å². The van der Waals surface area contributed by atoms with Gasteiger partial charge in [0.05, 0.1) is 17.1 Å². The predicted octanol–water partition coefficient (Wildman–Crippen LogP) is 2.98. The summed E-state index contributed by atoms with van der Waals surface area (Å²) in [5.74, 6) is 0. The minimum absolute atomic E-state index is 0.0330. The molecule has 4 nitrogen and oxygen atoms in total. The summed E-state index contributed by atoms with van der Waals surface area (Å²) in [6, 6.07) is 18.1. The van der Waals surface area contributed by atoms with Gasteiger partial charge in [0.15, 0.2) is 0 Å². The van der Waals surface area contributed by atoms with Crippen LogP contribution in [0.15, 0.2) is 59.4 Å². The molecule has 3 rings (SSSR count). The van der Waals surface area contributed by atoms with Crippen LogP contribution in [0.5, 0.6) is 0 Å².